The molecule has 0 saturated carbocycles. The second-order valence-electron chi connectivity index (χ2n) is 3.00. The number of halogens is 2. The summed E-state index contributed by atoms with van der Waals surface area (Å²) in [6.07, 6.45) is 0. The van der Waals surface area contributed by atoms with Crippen molar-refractivity contribution in [1.29, 1.82) is 0 Å². The highest BCUT2D eigenvalue weighted by Gasteiger charge is 2.24. The number of hydrogen-bond donors (Lipinski definition) is 1. The first-order valence-corrected chi connectivity index (χ1v) is 4.87. The lowest BCUT2D eigenvalue weighted by atomic mass is 10.2. The van der Waals surface area contributed by atoms with E-state index in [1.165, 1.54) is 0 Å². The van der Waals surface area contributed by atoms with Crippen molar-refractivity contribution in [2.75, 3.05) is 0 Å². The zero-order chi connectivity index (χ0) is 12.7. The minimum atomic E-state index is -1.25. The summed E-state index contributed by atoms with van der Waals surface area (Å²) < 4.78 is 4.54. The van der Waals surface area contributed by atoms with Crippen molar-refractivity contribution < 1.29 is 9.34 Å². The van der Waals surface area contributed by atoms with Crippen LogP contribution in [0.1, 0.15) is 0 Å². The number of aromatic nitrogens is 1. The third-order valence-electron chi connectivity index (χ3n) is 1.96. The molecule has 0 unspecified atom stereocenters. The fourth-order valence-electron chi connectivity index (χ4n) is 1.27. The molecule has 1 aromatic heterocycles. The van der Waals surface area contributed by atoms with E-state index in [0.717, 1.165) is 6.07 Å². The molecular formula is C8H2Cl2N2O5. The molecule has 0 radical (unpaired) electrons. The molecule has 0 aliphatic heterocycles. The number of benzene rings is 1. The molecule has 9 heteroatoms. The van der Waals surface area contributed by atoms with Crippen molar-refractivity contribution in [1.82, 2.24) is 4.98 Å². The van der Waals surface area contributed by atoms with E-state index in [0.29, 0.717) is 0 Å². The Kier molecular flexibility index (Phi) is 2.64. The molecule has 17 heavy (non-hydrogen) atoms. The average Bonchev–Trinajstić information content (AvgIpc) is 2.23. The number of nitrogens with one attached hydrogen (secondary N) is 1. The third kappa shape index (κ3) is 1.79. The van der Waals surface area contributed by atoms with Crippen molar-refractivity contribution in [3.63, 3.8) is 0 Å². The van der Waals surface area contributed by atoms with Crippen molar-refractivity contribution in [3.8, 4) is 0 Å². The molecule has 1 heterocycles. The van der Waals surface area contributed by atoms with Gasteiger partial charge < -0.3 is 9.40 Å². The molecule has 0 aliphatic rings. The zero-order valence-electron chi connectivity index (χ0n) is 7.82. The van der Waals surface area contributed by atoms with Gasteiger partial charge in [-0.25, -0.2) is 4.79 Å². The van der Waals surface area contributed by atoms with Gasteiger partial charge in [0.25, 0.3) is 0 Å². The maximum Gasteiger partial charge on any atom is 0.402 e. The van der Waals surface area contributed by atoms with Crippen LogP contribution in [0.4, 0.5) is 5.69 Å². The molecule has 1 N–H and O–H groups in total. The summed E-state index contributed by atoms with van der Waals surface area (Å²) in [5.74, 6) is 0. The summed E-state index contributed by atoms with van der Waals surface area (Å²) in [6.45, 7) is 0. The average molecular weight is 277 g/mol. The maximum absolute atomic E-state index is 11.0. The molecule has 88 valence electrons. The molecule has 1 aromatic carbocycles. The van der Waals surface area contributed by atoms with Gasteiger partial charge in [0.15, 0.2) is 0 Å². The molecule has 0 saturated heterocycles. The minimum absolute atomic E-state index is 0.0734. The van der Waals surface area contributed by atoms with Crippen LogP contribution in [0.15, 0.2) is 20.1 Å². The zero-order valence-corrected chi connectivity index (χ0v) is 9.33. The third-order valence-corrected chi connectivity index (χ3v) is 2.74. The summed E-state index contributed by atoms with van der Waals surface area (Å²) in [7, 11) is 0. The van der Waals surface area contributed by atoms with Crippen LogP contribution in [0.5, 0.6) is 0 Å². The first kappa shape index (κ1) is 11.6. The van der Waals surface area contributed by atoms with Gasteiger partial charge in [-0.15, -0.1) is 0 Å². The Morgan fingerprint density at radius 1 is 1.35 bits per heavy atom. The summed E-state index contributed by atoms with van der Waals surface area (Å²) >= 11 is 11.3. The first-order valence-electron chi connectivity index (χ1n) is 4.11. The van der Waals surface area contributed by atoms with Crippen LogP contribution in [0, 0.1) is 10.1 Å². The Morgan fingerprint density at radius 2 is 2.00 bits per heavy atom. The van der Waals surface area contributed by atoms with Crippen molar-refractivity contribution in [3.05, 3.63) is 47.0 Å². The number of rotatable bonds is 1. The second kappa shape index (κ2) is 3.86. The van der Waals surface area contributed by atoms with Gasteiger partial charge >= 0.3 is 16.9 Å². The highest BCUT2D eigenvalue weighted by atomic mass is 35.5. The number of nitro groups is 1. The van der Waals surface area contributed by atoms with E-state index in [4.69, 9.17) is 23.2 Å². The van der Waals surface area contributed by atoms with Gasteiger partial charge in [0.1, 0.15) is 5.02 Å². The van der Waals surface area contributed by atoms with Gasteiger partial charge in [-0.3, -0.25) is 14.9 Å². The first-order chi connectivity index (χ1) is 7.91. The van der Waals surface area contributed by atoms with Crippen LogP contribution in [-0.4, -0.2) is 9.91 Å². The Hall–Kier alpha value is -1.86. The van der Waals surface area contributed by atoms with Gasteiger partial charge in [-0.05, 0) is 6.07 Å². The van der Waals surface area contributed by atoms with Gasteiger partial charge in [0.05, 0.1) is 15.5 Å². The van der Waals surface area contributed by atoms with Crippen LogP contribution in [-0.2, 0) is 0 Å². The van der Waals surface area contributed by atoms with E-state index in [1.807, 2.05) is 0 Å². The van der Waals surface area contributed by atoms with Crippen LogP contribution >= 0.6 is 23.2 Å². The Morgan fingerprint density at radius 3 is 2.59 bits per heavy atom. The molecule has 0 spiro atoms. The quantitative estimate of drug-likeness (QED) is 0.485. The SMILES string of the molecule is O=c1[nH]c2cc(Cl)c(Cl)c([N+](=O)[O-])c2oc1=O. The second-order valence-corrected chi connectivity index (χ2v) is 3.78. The highest BCUT2D eigenvalue weighted by Crippen LogP contribution is 2.37. The van der Waals surface area contributed by atoms with E-state index in [1.54, 1.807) is 0 Å². The van der Waals surface area contributed by atoms with Gasteiger partial charge in [-0.1, -0.05) is 23.2 Å². The van der Waals surface area contributed by atoms with Gasteiger partial charge in [0.2, 0.25) is 5.58 Å². The molecular weight excluding hydrogens is 275 g/mol. The number of hydrogen-bond acceptors (Lipinski definition) is 5. The van der Waals surface area contributed by atoms with E-state index < -0.39 is 27.4 Å². The maximum atomic E-state index is 11.0. The predicted octanol–water partition coefficient (Wildman–Crippen LogP) is 1.70. The molecule has 0 bridgehead atoms. The van der Waals surface area contributed by atoms with Crippen LogP contribution in [0.3, 0.4) is 0 Å². The molecule has 7 nitrogen and oxygen atoms in total. The van der Waals surface area contributed by atoms with Gasteiger partial charge in [0, 0.05) is 0 Å². The standard InChI is InChI=1S/C8H2Cl2N2O5/c9-2-1-3-6(5(4(2)10)12(15)16)17-8(14)7(13)11-3/h1H,(H,11,13). The molecule has 0 atom stereocenters. The lowest BCUT2D eigenvalue weighted by molar-refractivity contribution is -0.383. The fourth-order valence-corrected chi connectivity index (χ4v) is 1.68. The van der Waals surface area contributed by atoms with Crippen molar-refractivity contribution >= 4 is 40.0 Å². The minimum Gasteiger partial charge on any atom is -0.410 e. The van der Waals surface area contributed by atoms with E-state index in [-0.39, 0.29) is 15.6 Å². The summed E-state index contributed by atoms with van der Waals surface area (Å²) in [6, 6.07) is 1.16. The molecule has 0 fully saturated rings. The Labute approximate surface area is 102 Å². The molecule has 2 rings (SSSR count). The van der Waals surface area contributed by atoms with Crippen LogP contribution < -0.4 is 11.2 Å². The number of fused-ring (bicyclic) bond motifs is 1. The van der Waals surface area contributed by atoms with Crippen molar-refractivity contribution in [2.45, 2.75) is 0 Å². The van der Waals surface area contributed by atoms with Crippen molar-refractivity contribution in [2.24, 2.45) is 0 Å². The fraction of sp³-hybridized carbons (Fsp3) is 0. The van der Waals surface area contributed by atoms with E-state index in [2.05, 4.69) is 9.40 Å². The highest BCUT2D eigenvalue weighted by molar-refractivity contribution is 6.44. The van der Waals surface area contributed by atoms with Crippen LogP contribution in [0.25, 0.3) is 11.1 Å². The number of nitro benzene ring substituents is 1. The summed E-state index contributed by atoms with van der Waals surface area (Å²) in [5, 5.41) is 10.3. The van der Waals surface area contributed by atoms with Gasteiger partial charge in [-0.2, -0.15) is 0 Å². The van der Waals surface area contributed by atoms with E-state index >= 15 is 0 Å². The normalized spacial score (nSPS) is 10.7. The number of H-pyrrole nitrogens is 1. The summed E-state index contributed by atoms with van der Waals surface area (Å²) in [5.41, 5.74) is -3.45. The molecule has 2 aromatic rings. The molecule has 0 aliphatic carbocycles. The van der Waals surface area contributed by atoms with E-state index in [9.17, 15) is 19.7 Å². The topological polar surface area (TPSA) is 106 Å². The monoisotopic (exact) mass is 276 g/mol. The lowest BCUT2D eigenvalue weighted by Crippen LogP contribution is -2.25. The summed E-state index contributed by atoms with van der Waals surface area (Å²) in [4.78, 5) is 34.1. The Bertz CT molecular complexity index is 748. The predicted molar refractivity (Wildman–Crippen MR) is 59.8 cm³/mol. The number of aromatic amines is 1. The lowest BCUT2D eigenvalue weighted by Gasteiger charge is -2.01. The Balaban J connectivity index is 3.09. The smallest absolute Gasteiger partial charge is 0.402 e. The van der Waals surface area contributed by atoms with Crippen LogP contribution in [0.2, 0.25) is 10.0 Å². The largest absolute Gasteiger partial charge is 0.410 e. The molecule has 0 amide bonds. The number of nitrogens with zero attached hydrogens (tertiary/aromatic N) is 1.